The SMILES string of the molecule is Nc1ccccc1C(=O)C1CCCC1. The normalized spacial score (nSPS) is 17.1. The lowest BCUT2D eigenvalue weighted by atomic mass is 9.95. The Bertz CT molecular complexity index is 340. The first-order valence-electron chi connectivity index (χ1n) is 5.18. The zero-order valence-corrected chi connectivity index (χ0v) is 8.20. The standard InChI is InChI=1S/C12H15NO/c13-11-8-4-3-7-10(11)12(14)9-5-1-2-6-9/h3-4,7-9H,1-2,5-6,13H2. The summed E-state index contributed by atoms with van der Waals surface area (Å²) in [7, 11) is 0. The molecular formula is C12H15NO. The number of hydrogen-bond donors (Lipinski definition) is 1. The van der Waals surface area contributed by atoms with Crippen molar-refractivity contribution in [3.05, 3.63) is 29.8 Å². The van der Waals surface area contributed by atoms with Crippen molar-refractivity contribution in [2.45, 2.75) is 25.7 Å². The van der Waals surface area contributed by atoms with Gasteiger partial charge < -0.3 is 5.73 Å². The van der Waals surface area contributed by atoms with Crippen LogP contribution in [-0.4, -0.2) is 5.78 Å². The van der Waals surface area contributed by atoms with Crippen LogP contribution in [0.5, 0.6) is 0 Å². The third kappa shape index (κ3) is 1.65. The van der Waals surface area contributed by atoms with Gasteiger partial charge in [-0.05, 0) is 25.0 Å². The van der Waals surface area contributed by atoms with Gasteiger partial charge in [0.2, 0.25) is 0 Å². The molecule has 14 heavy (non-hydrogen) atoms. The molecular weight excluding hydrogens is 174 g/mol. The highest BCUT2D eigenvalue weighted by Crippen LogP contribution is 2.29. The number of nitrogen functional groups attached to an aromatic ring is 1. The molecule has 0 spiro atoms. The van der Waals surface area contributed by atoms with Gasteiger partial charge in [-0.2, -0.15) is 0 Å². The molecule has 0 radical (unpaired) electrons. The van der Waals surface area contributed by atoms with E-state index in [0.717, 1.165) is 12.8 Å². The summed E-state index contributed by atoms with van der Waals surface area (Å²) >= 11 is 0. The molecule has 0 amide bonds. The fourth-order valence-electron chi connectivity index (χ4n) is 2.13. The van der Waals surface area contributed by atoms with E-state index in [1.807, 2.05) is 18.2 Å². The number of Topliss-reactive ketones (excluding diaryl/α,β-unsaturated/α-hetero) is 1. The lowest BCUT2D eigenvalue weighted by molar-refractivity contribution is 0.0924. The van der Waals surface area contributed by atoms with Gasteiger partial charge in [-0.15, -0.1) is 0 Å². The Kier molecular flexibility index (Phi) is 2.53. The molecule has 1 aromatic carbocycles. The fraction of sp³-hybridized carbons (Fsp3) is 0.417. The molecule has 1 fully saturated rings. The van der Waals surface area contributed by atoms with Gasteiger partial charge in [-0.1, -0.05) is 25.0 Å². The second-order valence-electron chi connectivity index (χ2n) is 3.93. The van der Waals surface area contributed by atoms with Gasteiger partial charge in [0.25, 0.3) is 0 Å². The number of ketones is 1. The summed E-state index contributed by atoms with van der Waals surface area (Å²) < 4.78 is 0. The number of rotatable bonds is 2. The monoisotopic (exact) mass is 189 g/mol. The minimum atomic E-state index is 0.222. The predicted molar refractivity (Wildman–Crippen MR) is 57.1 cm³/mol. The van der Waals surface area contributed by atoms with Crippen LogP contribution in [0.2, 0.25) is 0 Å². The average molecular weight is 189 g/mol. The number of hydrogen-bond acceptors (Lipinski definition) is 2. The van der Waals surface area contributed by atoms with E-state index in [-0.39, 0.29) is 11.7 Å². The third-order valence-electron chi connectivity index (χ3n) is 2.95. The maximum absolute atomic E-state index is 12.0. The Morgan fingerprint density at radius 1 is 1.21 bits per heavy atom. The Labute approximate surface area is 84.1 Å². The minimum absolute atomic E-state index is 0.222. The Hall–Kier alpha value is -1.31. The molecule has 0 bridgehead atoms. The van der Waals surface area contributed by atoms with E-state index in [1.54, 1.807) is 6.07 Å². The van der Waals surface area contributed by atoms with Gasteiger partial charge in [0.15, 0.2) is 5.78 Å². The lowest BCUT2D eigenvalue weighted by Crippen LogP contribution is -2.12. The molecule has 2 rings (SSSR count). The molecule has 0 aliphatic heterocycles. The van der Waals surface area contributed by atoms with Crippen LogP contribution in [-0.2, 0) is 0 Å². The van der Waals surface area contributed by atoms with Crippen LogP contribution >= 0.6 is 0 Å². The molecule has 0 unspecified atom stereocenters. The van der Waals surface area contributed by atoms with Gasteiger partial charge in [0.1, 0.15) is 0 Å². The molecule has 2 N–H and O–H groups in total. The predicted octanol–water partition coefficient (Wildman–Crippen LogP) is 2.64. The topological polar surface area (TPSA) is 43.1 Å². The van der Waals surface area contributed by atoms with Crippen molar-refractivity contribution in [3.8, 4) is 0 Å². The first-order chi connectivity index (χ1) is 6.79. The summed E-state index contributed by atoms with van der Waals surface area (Å²) in [6.07, 6.45) is 4.44. The quantitative estimate of drug-likeness (QED) is 0.574. The second kappa shape index (κ2) is 3.82. The molecule has 1 aliphatic rings. The van der Waals surface area contributed by atoms with Crippen LogP contribution in [0.15, 0.2) is 24.3 Å². The van der Waals surface area contributed by atoms with E-state index in [0.29, 0.717) is 11.3 Å². The molecule has 74 valence electrons. The summed E-state index contributed by atoms with van der Waals surface area (Å²) in [6.45, 7) is 0. The summed E-state index contributed by atoms with van der Waals surface area (Å²) in [5, 5.41) is 0. The van der Waals surface area contributed by atoms with E-state index in [1.165, 1.54) is 12.8 Å². The van der Waals surface area contributed by atoms with Gasteiger partial charge in [-0.3, -0.25) is 4.79 Å². The zero-order valence-electron chi connectivity index (χ0n) is 8.20. The molecule has 0 saturated heterocycles. The first kappa shape index (κ1) is 9.25. The van der Waals surface area contributed by atoms with E-state index < -0.39 is 0 Å². The molecule has 1 saturated carbocycles. The number of anilines is 1. The number of carbonyl (C=O) groups is 1. The van der Waals surface area contributed by atoms with Crippen molar-refractivity contribution >= 4 is 11.5 Å². The number of benzene rings is 1. The first-order valence-corrected chi connectivity index (χ1v) is 5.18. The molecule has 0 aromatic heterocycles. The summed E-state index contributed by atoms with van der Waals surface area (Å²) in [5.74, 6) is 0.459. The molecule has 0 atom stereocenters. The Morgan fingerprint density at radius 3 is 2.50 bits per heavy atom. The van der Waals surface area contributed by atoms with E-state index >= 15 is 0 Å². The number of para-hydroxylation sites is 1. The largest absolute Gasteiger partial charge is 0.398 e. The van der Waals surface area contributed by atoms with Crippen LogP contribution in [0.3, 0.4) is 0 Å². The van der Waals surface area contributed by atoms with Crippen LogP contribution in [0.1, 0.15) is 36.0 Å². The van der Waals surface area contributed by atoms with Gasteiger partial charge >= 0.3 is 0 Å². The maximum atomic E-state index is 12.0. The van der Waals surface area contributed by atoms with Crippen molar-refractivity contribution in [1.29, 1.82) is 0 Å². The number of carbonyl (C=O) groups excluding carboxylic acids is 1. The van der Waals surface area contributed by atoms with E-state index in [9.17, 15) is 4.79 Å². The minimum Gasteiger partial charge on any atom is -0.398 e. The number of nitrogens with two attached hydrogens (primary N) is 1. The van der Waals surface area contributed by atoms with Crippen LogP contribution in [0.25, 0.3) is 0 Å². The van der Waals surface area contributed by atoms with E-state index in [2.05, 4.69) is 0 Å². The van der Waals surface area contributed by atoms with Gasteiger partial charge in [-0.25, -0.2) is 0 Å². The fourth-order valence-corrected chi connectivity index (χ4v) is 2.13. The van der Waals surface area contributed by atoms with Crippen molar-refractivity contribution in [2.75, 3.05) is 5.73 Å². The second-order valence-corrected chi connectivity index (χ2v) is 3.93. The van der Waals surface area contributed by atoms with Crippen molar-refractivity contribution < 1.29 is 4.79 Å². The third-order valence-corrected chi connectivity index (χ3v) is 2.95. The molecule has 1 aliphatic carbocycles. The maximum Gasteiger partial charge on any atom is 0.168 e. The lowest BCUT2D eigenvalue weighted by Gasteiger charge is -2.09. The summed E-state index contributed by atoms with van der Waals surface area (Å²) in [6, 6.07) is 7.36. The Morgan fingerprint density at radius 2 is 1.86 bits per heavy atom. The van der Waals surface area contributed by atoms with Gasteiger partial charge in [0, 0.05) is 17.2 Å². The smallest absolute Gasteiger partial charge is 0.168 e. The van der Waals surface area contributed by atoms with Crippen LogP contribution in [0, 0.1) is 5.92 Å². The summed E-state index contributed by atoms with van der Waals surface area (Å²) in [5.41, 5.74) is 7.09. The van der Waals surface area contributed by atoms with Crippen molar-refractivity contribution in [2.24, 2.45) is 5.92 Å². The Balaban J connectivity index is 2.22. The molecule has 0 heterocycles. The molecule has 2 nitrogen and oxygen atoms in total. The van der Waals surface area contributed by atoms with Crippen molar-refractivity contribution in [1.82, 2.24) is 0 Å². The highest BCUT2D eigenvalue weighted by Gasteiger charge is 2.24. The zero-order chi connectivity index (χ0) is 9.97. The van der Waals surface area contributed by atoms with Crippen LogP contribution in [0.4, 0.5) is 5.69 Å². The average Bonchev–Trinajstić information content (AvgIpc) is 2.70. The molecule has 2 heteroatoms. The molecule has 1 aromatic rings. The highest BCUT2D eigenvalue weighted by molar-refractivity contribution is 6.02. The van der Waals surface area contributed by atoms with Crippen molar-refractivity contribution in [3.63, 3.8) is 0 Å². The summed E-state index contributed by atoms with van der Waals surface area (Å²) in [4.78, 5) is 12.0. The van der Waals surface area contributed by atoms with E-state index in [4.69, 9.17) is 5.73 Å². The van der Waals surface area contributed by atoms with Gasteiger partial charge in [0.05, 0.1) is 0 Å². The van der Waals surface area contributed by atoms with Crippen LogP contribution < -0.4 is 5.73 Å². The highest BCUT2D eigenvalue weighted by atomic mass is 16.1.